The van der Waals surface area contributed by atoms with Crippen molar-refractivity contribution >= 4 is 5.91 Å². The van der Waals surface area contributed by atoms with Gasteiger partial charge < -0.3 is 14.7 Å². The summed E-state index contributed by atoms with van der Waals surface area (Å²) in [6.45, 7) is 12.6. The molecule has 1 atom stereocenters. The molecule has 2 heterocycles. The summed E-state index contributed by atoms with van der Waals surface area (Å²) in [6, 6.07) is 0.0537. The fourth-order valence-corrected chi connectivity index (χ4v) is 3.77. The Bertz CT molecular complexity index is 358. The van der Waals surface area contributed by atoms with Crippen LogP contribution in [-0.4, -0.2) is 98.0 Å². The van der Waals surface area contributed by atoms with Crippen LogP contribution in [0.2, 0.25) is 0 Å². The van der Waals surface area contributed by atoms with E-state index in [0.717, 1.165) is 51.7 Å². The number of piperazine rings is 1. The van der Waals surface area contributed by atoms with Gasteiger partial charge in [0, 0.05) is 26.2 Å². The quantitative estimate of drug-likeness (QED) is 0.734. The van der Waals surface area contributed by atoms with E-state index in [1.165, 1.54) is 25.8 Å². The summed E-state index contributed by atoms with van der Waals surface area (Å²) in [6.07, 6.45) is 3.78. The van der Waals surface area contributed by atoms with Gasteiger partial charge >= 0.3 is 0 Å². The summed E-state index contributed by atoms with van der Waals surface area (Å²) in [4.78, 5) is 21.9. The monoisotopic (exact) mass is 324 g/mol. The number of amides is 1. The maximum absolute atomic E-state index is 12.7. The van der Waals surface area contributed by atoms with Gasteiger partial charge in [0.2, 0.25) is 5.91 Å². The third-order valence-corrected chi connectivity index (χ3v) is 5.67. The molecule has 0 radical (unpaired) electrons. The Balaban J connectivity index is 1.73. The molecule has 2 fully saturated rings. The van der Waals surface area contributed by atoms with Gasteiger partial charge in [0.05, 0.1) is 6.04 Å². The number of rotatable bonds is 6. The molecule has 0 aromatic carbocycles. The molecule has 2 saturated heterocycles. The van der Waals surface area contributed by atoms with Gasteiger partial charge in [-0.1, -0.05) is 6.92 Å². The molecule has 0 spiro atoms. The average Bonchev–Trinajstić information content (AvgIpc) is 2.59. The normalized spacial score (nSPS) is 23.4. The molecule has 1 unspecified atom stereocenters. The van der Waals surface area contributed by atoms with E-state index in [1.807, 2.05) is 0 Å². The van der Waals surface area contributed by atoms with Gasteiger partial charge in [-0.25, -0.2) is 0 Å². The molecule has 2 aliphatic heterocycles. The molecular weight excluding hydrogens is 288 g/mol. The van der Waals surface area contributed by atoms with Crippen molar-refractivity contribution in [2.24, 2.45) is 5.92 Å². The minimum Gasteiger partial charge on any atom is -0.339 e. The van der Waals surface area contributed by atoms with Gasteiger partial charge in [-0.05, 0) is 72.4 Å². The first-order valence-corrected chi connectivity index (χ1v) is 9.41. The van der Waals surface area contributed by atoms with Crippen LogP contribution in [0.5, 0.6) is 0 Å². The molecule has 5 nitrogen and oxygen atoms in total. The van der Waals surface area contributed by atoms with Crippen LogP contribution in [-0.2, 0) is 4.79 Å². The molecule has 0 aliphatic carbocycles. The molecular formula is C18H36N4O. The van der Waals surface area contributed by atoms with E-state index >= 15 is 0 Å². The first-order chi connectivity index (χ1) is 11.0. The Labute approximate surface area is 142 Å². The zero-order valence-electron chi connectivity index (χ0n) is 15.6. The van der Waals surface area contributed by atoms with Gasteiger partial charge in [-0.2, -0.15) is 0 Å². The topological polar surface area (TPSA) is 30.0 Å². The maximum Gasteiger partial charge on any atom is 0.239 e. The first kappa shape index (κ1) is 18.7. The zero-order valence-corrected chi connectivity index (χ0v) is 15.6. The van der Waals surface area contributed by atoms with Gasteiger partial charge in [0.1, 0.15) is 0 Å². The molecule has 0 bridgehead atoms. The fourth-order valence-electron chi connectivity index (χ4n) is 3.77. The average molecular weight is 325 g/mol. The van der Waals surface area contributed by atoms with Crippen LogP contribution in [0.1, 0.15) is 33.1 Å². The van der Waals surface area contributed by atoms with Crippen LogP contribution in [0.3, 0.4) is 0 Å². The van der Waals surface area contributed by atoms with E-state index in [0.29, 0.717) is 5.91 Å². The molecule has 1 amide bonds. The Morgan fingerprint density at radius 3 is 2.22 bits per heavy atom. The Morgan fingerprint density at radius 1 is 1.09 bits per heavy atom. The SMILES string of the molecule is CCN1CCN(C(=O)C(C)N2CCC(CCN(C)C)CC2)CC1. The minimum atomic E-state index is 0.0537. The van der Waals surface area contributed by atoms with Crippen LogP contribution in [0.25, 0.3) is 0 Å². The van der Waals surface area contributed by atoms with Crippen LogP contribution < -0.4 is 0 Å². The van der Waals surface area contributed by atoms with Crippen molar-refractivity contribution in [3.63, 3.8) is 0 Å². The molecule has 5 heteroatoms. The lowest BCUT2D eigenvalue weighted by Crippen LogP contribution is -2.55. The van der Waals surface area contributed by atoms with Crippen molar-refractivity contribution < 1.29 is 4.79 Å². The van der Waals surface area contributed by atoms with E-state index in [9.17, 15) is 4.79 Å². The summed E-state index contributed by atoms with van der Waals surface area (Å²) in [5, 5.41) is 0. The lowest BCUT2D eigenvalue weighted by Gasteiger charge is -2.40. The molecule has 0 aromatic rings. The number of likely N-dealkylation sites (N-methyl/N-ethyl adjacent to an activating group) is 1. The van der Waals surface area contributed by atoms with Gasteiger partial charge in [-0.15, -0.1) is 0 Å². The molecule has 0 N–H and O–H groups in total. The summed E-state index contributed by atoms with van der Waals surface area (Å²) in [7, 11) is 4.29. The van der Waals surface area contributed by atoms with Crippen LogP contribution in [0.4, 0.5) is 0 Å². The second kappa shape index (κ2) is 9.00. The van der Waals surface area contributed by atoms with Crippen LogP contribution in [0.15, 0.2) is 0 Å². The molecule has 134 valence electrons. The predicted molar refractivity (Wildman–Crippen MR) is 95.6 cm³/mol. The largest absolute Gasteiger partial charge is 0.339 e. The summed E-state index contributed by atoms with van der Waals surface area (Å²) in [5.74, 6) is 1.18. The molecule has 0 aromatic heterocycles. The van der Waals surface area contributed by atoms with E-state index in [4.69, 9.17) is 0 Å². The highest BCUT2D eigenvalue weighted by molar-refractivity contribution is 5.81. The van der Waals surface area contributed by atoms with Crippen molar-refractivity contribution in [2.75, 3.05) is 66.5 Å². The number of piperidine rings is 1. The third kappa shape index (κ3) is 5.44. The lowest BCUT2D eigenvalue weighted by molar-refractivity contribution is -0.138. The number of nitrogens with zero attached hydrogens (tertiary/aromatic N) is 4. The summed E-state index contributed by atoms with van der Waals surface area (Å²) in [5.41, 5.74) is 0. The second-order valence-corrected chi connectivity index (χ2v) is 7.51. The van der Waals surface area contributed by atoms with Crippen molar-refractivity contribution in [3.05, 3.63) is 0 Å². The first-order valence-electron chi connectivity index (χ1n) is 9.41. The fraction of sp³-hybridized carbons (Fsp3) is 0.944. The van der Waals surface area contributed by atoms with E-state index in [-0.39, 0.29) is 6.04 Å². The Hall–Kier alpha value is -0.650. The number of carbonyl (C=O) groups is 1. The van der Waals surface area contributed by atoms with E-state index in [2.05, 4.69) is 47.5 Å². The third-order valence-electron chi connectivity index (χ3n) is 5.67. The number of hydrogen-bond acceptors (Lipinski definition) is 4. The predicted octanol–water partition coefficient (Wildman–Crippen LogP) is 1.20. The minimum absolute atomic E-state index is 0.0537. The van der Waals surface area contributed by atoms with Crippen molar-refractivity contribution in [2.45, 2.75) is 39.2 Å². The van der Waals surface area contributed by atoms with Gasteiger partial charge in [0.15, 0.2) is 0 Å². The standard InChI is InChI=1S/C18H36N4O/c1-5-20-12-14-22(15-13-20)18(23)16(2)21-10-7-17(8-11-21)6-9-19(3)4/h16-17H,5-15H2,1-4H3. The van der Waals surface area contributed by atoms with Crippen LogP contribution >= 0.6 is 0 Å². The Morgan fingerprint density at radius 2 is 1.70 bits per heavy atom. The molecule has 2 aliphatic rings. The van der Waals surface area contributed by atoms with Crippen LogP contribution in [0, 0.1) is 5.92 Å². The van der Waals surface area contributed by atoms with Gasteiger partial charge in [0.25, 0.3) is 0 Å². The maximum atomic E-state index is 12.7. The van der Waals surface area contributed by atoms with Crippen molar-refractivity contribution in [1.29, 1.82) is 0 Å². The number of likely N-dealkylation sites (tertiary alicyclic amines) is 1. The number of hydrogen-bond donors (Lipinski definition) is 0. The van der Waals surface area contributed by atoms with E-state index in [1.54, 1.807) is 0 Å². The highest BCUT2D eigenvalue weighted by Gasteiger charge is 2.30. The number of carbonyl (C=O) groups excluding carboxylic acids is 1. The molecule has 2 rings (SSSR count). The summed E-state index contributed by atoms with van der Waals surface area (Å²) >= 11 is 0. The smallest absolute Gasteiger partial charge is 0.239 e. The summed E-state index contributed by atoms with van der Waals surface area (Å²) < 4.78 is 0. The van der Waals surface area contributed by atoms with E-state index < -0.39 is 0 Å². The zero-order chi connectivity index (χ0) is 16.8. The van der Waals surface area contributed by atoms with Crippen molar-refractivity contribution in [3.8, 4) is 0 Å². The highest BCUT2D eigenvalue weighted by Crippen LogP contribution is 2.22. The Kier molecular flexibility index (Phi) is 7.31. The second-order valence-electron chi connectivity index (χ2n) is 7.51. The molecule has 0 saturated carbocycles. The lowest BCUT2D eigenvalue weighted by atomic mass is 9.92. The highest BCUT2D eigenvalue weighted by atomic mass is 16.2. The van der Waals surface area contributed by atoms with Crippen molar-refractivity contribution in [1.82, 2.24) is 19.6 Å². The molecule has 23 heavy (non-hydrogen) atoms. The van der Waals surface area contributed by atoms with Gasteiger partial charge in [-0.3, -0.25) is 9.69 Å².